The van der Waals surface area contributed by atoms with Crippen molar-refractivity contribution in [2.45, 2.75) is 50.6 Å². The lowest BCUT2D eigenvalue weighted by Crippen LogP contribution is -2.52. The van der Waals surface area contributed by atoms with Gasteiger partial charge in [-0.05, 0) is 51.0 Å². The van der Waals surface area contributed by atoms with Gasteiger partial charge in [0.1, 0.15) is 0 Å². The summed E-state index contributed by atoms with van der Waals surface area (Å²) in [5.41, 5.74) is 1.92. The lowest BCUT2D eigenvalue weighted by atomic mass is 9.84. The van der Waals surface area contributed by atoms with E-state index in [0.717, 1.165) is 12.5 Å². The summed E-state index contributed by atoms with van der Waals surface area (Å²) in [7, 11) is 2.00. The van der Waals surface area contributed by atoms with Crippen LogP contribution in [0.5, 0.6) is 0 Å². The highest BCUT2D eigenvalue weighted by Crippen LogP contribution is 2.41. The molecule has 0 aromatic carbocycles. The van der Waals surface area contributed by atoms with Crippen molar-refractivity contribution in [3.63, 3.8) is 0 Å². The van der Waals surface area contributed by atoms with E-state index in [4.69, 9.17) is 0 Å². The highest BCUT2D eigenvalue weighted by Gasteiger charge is 2.44. The third kappa shape index (κ3) is 2.88. The van der Waals surface area contributed by atoms with Crippen LogP contribution in [0.1, 0.15) is 44.1 Å². The normalized spacial score (nSPS) is 26.7. The molecular formula is C17H28N4. The molecule has 1 aromatic heterocycles. The Hall–Kier alpha value is -0.870. The van der Waals surface area contributed by atoms with E-state index in [0.29, 0.717) is 5.54 Å². The van der Waals surface area contributed by atoms with Crippen LogP contribution in [0, 0.1) is 5.92 Å². The molecule has 1 saturated carbocycles. The zero-order chi connectivity index (χ0) is 14.3. The highest BCUT2D eigenvalue weighted by atomic mass is 15.3. The smallest absolute Gasteiger partial charge is 0.0534 e. The molecule has 116 valence electrons. The van der Waals surface area contributed by atoms with E-state index in [1.807, 2.05) is 17.9 Å². The number of rotatable bonds is 4. The fourth-order valence-electron chi connectivity index (χ4n) is 4.40. The van der Waals surface area contributed by atoms with Gasteiger partial charge in [-0.1, -0.05) is 0 Å². The van der Waals surface area contributed by atoms with Gasteiger partial charge in [-0.25, -0.2) is 0 Å². The SMILES string of the molecule is Cn1cc(CN2CCC3(CCCN3CC3CC3)CC2)cn1. The van der Waals surface area contributed by atoms with Gasteiger partial charge in [0, 0.05) is 50.5 Å². The number of aryl methyl sites for hydroxylation is 1. The Morgan fingerprint density at radius 1 is 1.19 bits per heavy atom. The van der Waals surface area contributed by atoms with E-state index in [1.54, 1.807) is 0 Å². The molecule has 3 aliphatic rings. The van der Waals surface area contributed by atoms with E-state index in [2.05, 4.69) is 21.1 Å². The van der Waals surface area contributed by atoms with Crippen LogP contribution in [0.25, 0.3) is 0 Å². The van der Waals surface area contributed by atoms with Crippen molar-refractivity contribution in [1.82, 2.24) is 19.6 Å². The molecule has 21 heavy (non-hydrogen) atoms. The standard InChI is InChI=1S/C17H28N4/c1-19-12-16(11-18-19)13-20-9-6-17(7-10-20)5-2-8-21(17)14-15-3-4-15/h11-12,15H,2-10,13-14H2,1H3. The number of piperidine rings is 1. The van der Waals surface area contributed by atoms with E-state index in [9.17, 15) is 0 Å². The molecule has 4 heteroatoms. The average molecular weight is 288 g/mol. The second kappa shape index (κ2) is 5.40. The van der Waals surface area contributed by atoms with Crippen molar-refractivity contribution < 1.29 is 0 Å². The first-order valence-electron chi connectivity index (χ1n) is 8.68. The quantitative estimate of drug-likeness (QED) is 0.849. The molecule has 1 aliphatic carbocycles. The van der Waals surface area contributed by atoms with Crippen molar-refractivity contribution in [2.24, 2.45) is 13.0 Å². The Balaban J connectivity index is 1.34. The second-order valence-corrected chi connectivity index (χ2v) is 7.52. The largest absolute Gasteiger partial charge is 0.299 e. The third-order valence-electron chi connectivity index (χ3n) is 5.87. The molecule has 0 amide bonds. The first-order valence-corrected chi connectivity index (χ1v) is 8.68. The molecule has 1 aromatic rings. The van der Waals surface area contributed by atoms with Crippen molar-refractivity contribution in [3.8, 4) is 0 Å². The van der Waals surface area contributed by atoms with Crippen LogP contribution in [-0.4, -0.2) is 51.3 Å². The van der Waals surface area contributed by atoms with Gasteiger partial charge in [0.25, 0.3) is 0 Å². The summed E-state index contributed by atoms with van der Waals surface area (Å²) in [5, 5.41) is 4.29. The van der Waals surface area contributed by atoms with Crippen molar-refractivity contribution in [1.29, 1.82) is 0 Å². The molecule has 2 aliphatic heterocycles. The Bertz CT molecular complexity index is 483. The molecule has 2 saturated heterocycles. The highest BCUT2D eigenvalue weighted by molar-refractivity contribution is 5.05. The van der Waals surface area contributed by atoms with E-state index in [1.165, 1.54) is 70.3 Å². The molecule has 0 radical (unpaired) electrons. The summed E-state index contributed by atoms with van der Waals surface area (Å²) in [5.74, 6) is 1.04. The second-order valence-electron chi connectivity index (χ2n) is 7.52. The van der Waals surface area contributed by atoms with Gasteiger partial charge in [0.2, 0.25) is 0 Å². The maximum absolute atomic E-state index is 4.29. The van der Waals surface area contributed by atoms with Crippen LogP contribution in [0.15, 0.2) is 12.4 Å². The summed E-state index contributed by atoms with van der Waals surface area (Å²) in [6.45, 7) is 6.35. The Kier molecular flexibility index (Phi) is 3.54. The maximum Gasteiger partial charge on any atom is 0.0534 e. The zero-order valence-electron chi connectivity index (χ0n) is 13.3. The summed E-state index contributed by atoms with van der Waals surface area (Å²) in [6, 6.07) is 0. The molecule has 0 unspecified atom stereocenters. The van der Waals surface area contributed by atoms with Crippen molar-refractivity contribution in [2.75, 3.05) is 26.2 Å². The van der Waals surface area contributed by atoms with E-state index in [-0.39, 0.29) is 0 Å². The minimum atomic E-state index is 0.564. The van der Waals surface area contributed by atoms with Crippen LogP contribution < -0.4 is 0 Å². The van der Waals surface area contributed by atoms with Crippen molar-refractivity contribution in [3.05, 3.63) is 18.0 Å². The zero-order valence-corrected chi connectivity index (χ0v) is 13.3. The van der Waals surface area contributed by atoms with Gasteiger partial charge in [0.15, 0.2) is 0 Å². The molecule has 3 heterocycles. The van der Waals surface area contributed by atoms with Crippen molar-refractivity contribution >= 4 is 0 Å². The first-order chi connectivity index (χ1) is 10.2. The molecule has 3 fully saturated rings. The lowest BCUT2D eigenvalue weighted by molar-refractivity contribution is 0.0471. The molecule has 0 bridgehead atoms. The molecular weight excluding hydrogens is 260 g/mol. The predicted molar refractivity (Wildman–Crippen MR) is 84.0 cm³/mol. The van der Waals surface area contributed by atoms with Gasteiger partial charge in [-0.2, -0.15) is 5.10 Å². The van der Waals surface area contributed by atoms with Crippen LogP contribution in [-0.2, 0) is 13.6 Å². The van der Waals surface area contributed by atoms with E-state index >= 15 is 0 Å². The minimum Gasteiger partial charge on any atom is -0.299 e. The summed E-state index contributed by atoms with van der Waals surface area (Å²) in [4.78, 5) is 5.49. The fraction of sp³-hybridized carbons (Fsp3) is 0.824. The fourth-order valence-corrected chi connectivity index (χ4v) is 4.40. The summed E-state index contributed by atoms with van der Waals surface area (Å²) < 4.78 is 1.91. The number of likely N-dealkylation sites (tertiary alicyclic amines) is 2. The van der Waals surface area contributed by atoms with Crippen LogP contribution in [0.4, 0.5) is 0 Å². The number of hydrogen-bond acceptors (Lipinski definition) is 3. The molecule has 4 nitrogen and oxygen atoms in total. The van der Waals surface area contributed by atoms with E-state index < -0.39 is 0 Å². The Morgan fingerprint density at radius 2 is 2.00 bits per heavy atom. The van der Waals surface area contributed by atoms with Crippen LogP contribution in [0.2, 0.25) is 0 Å². The number of hydrogen-bond donors (Lipinski definition) is 0. The molecule has 4 rings (SSSR count). The summed E-state index contributed by atoms with van der Waals surface area (Å²) in [6.07, 6.45) is 12.8. The number of nitrogens with zero attached hydrogens (tertiary/aromatic N) is 4. The summed E-state index contributed by atoms with van der Waals surface area (Å²) >= 11 is 0. The van der Waals surface area contributed by atoms with Gasteiger partial charge in [-0.15, -0.1) is 0 Å². The molecule has 0 N–H and O–H groups in total. The Morgan fingerprint density at radius 3 is 2.67 bits per heavy atom. The predicted octanol–water partition coefficient (Wildman–Crippen LogP) is 2.26. The number of aromatic nitrogens is 2. The molecule has 0 atom stereocenters. The van der Waals surface area contributed by atoms with Gasteiger partial charge >= 0.3 is 0 Å². The first kappa shape index (κ1) is 13.8. The van der Waals surface area contributed by atoms with Gasteiger partial charge < -0.3 is 0 Å². The monoisotopic (exact) mass is 288 g/mol. The minimum absolute atomic E-state index is 0.564. The topological polar surface area (TPSA) is 24.3 Å². The van der Waals surface area contributed by atoms with Gasteiger partial charge in [-0.3, -0.25) is 14.5 Å². The third-order valence-corrected chi connectivity index (χ3v) is 5.87. The molecule has 1 spiro atoms. The average Bonchev–Trinajstić information content (AvgIpc) is 3.09. The van der Waals surface area contributed by atoms with Gasteiger partial charge in [0.05, 0.1) is 6.20 Å². The van der Waals surface area contributed by atoms with Crippen LogP contribution in [0.3, 0.4) is 0 Å². The van der Waals surface area contributed by atoms with Crippen LogP contribution >= 0.6 is 0 Å². The maximum atomic E-state index is 4.29. The Labute approximate surface area is 128 Å². The lowest BCUT2D eigenvalue weighted by Gasteiger charge is -2.45.